The van der Waals surface area contributed by atoms with E-state index in [1.165, 1.54) is 14.0 Å². The molecule has 0 aliphatic rings. The zero-order valence-corrected chi connectivity index (χ0v) is 11.5. The fourth-order valence-corrected chi connectivity index (χ4v) is 1.92. The molecule has 0 aliphatic carbocycles. The third-order valence-electron chi connectivity index (χ3n) is 2.71. The van der Waals surface area contributed by atoms with Crippen LogP contribution in [0, 0.1) is 20.2 Å². The number of aliphatic hydroxyl groups is 1. The monoisotopic (exact) mass is 323 g/mol. The lowest BCUT2D eigenvalue weighted by atomic mass is 10.1. The molecule has 0 spiro atoms. The fraction of sp³-hybridized carbons (Fsp3) is 0.455. The summed E-state index contributed by atoms with van der Waals surface area (Å²) in [6, 6.07) is 0.474. The van der Waals surface area contributed by atoms with Crippen LogP contribution in [0.4, 0.5) is 30.2 Å². The third-order valence-corrected chi connectivity index (χ3v) is 2.71. The molecule has 22 heavy (non-hydrogen) atoms. The number of likely N-dealkylation sites (N-methyl/N-ethyl adjacent to an activating group) is 1. The minimum Gasteiger partial charge on any atom is -0.392 e. The lowest BCUT2D eigenvalue weighted by Crippen LogP contribution is -2.28. The summed E-state index contributed by atoms with van der Waals surface area (Å²) in [5.41, 5.74) is -4.18. The minimum absolute atomic E-state index is 0.229. The molecular formula is C11H12F3N3O5. The highest BCUT2D eigenvalue weighted by atomic mass is 19.4. The highest BCUT2D eigenvalue weighted by molar-refractivity contribution is 5.76. The average molecular weight is 323 g/mol. The molecule has 1 atom stereocenters. The molecule has 11 heteroatoms. The number of alkyl halides is 3. The van der Waals surface area contributed by atoms with Gasteiger partial charge in [-0.25, -0.2) is 0 Å². The number of benzene rings is 1. The second kappa shape index (κ2) is 6.13. The Morgan fingerprint density at radius 3 is 1.91 bits per heavy atom. The molecule has 122 valence electrons. The molecule has 0 saturated heterocycles. The van der Waals surface area contributed by atoms with E-state index in [4.69, 9.17) is 0 Å². The van der Waals surface area contributed by atoms with E-state index < -0.39 is 44.8 Å². The Balaban J connectivity index is 3.65. The summed E-state index contributed by atoms with van der Waals surface area (Å²) in [6.45, 7) is 1.10. The Morgan fingerprint density at radius 2 is 1.64 bits per heavy atom. The Hall–Kier alpha value is -2.43. The number of aliphatic hydroxyl groups excluding tert-OH is 1. The second-order valence-electron chi connectivity index (χ2n) is 4.60. The SMILES string of the molecule is CC(O)CN(C)c1c([N+](=O)[O-])cc(C(F)(F)F)cc1[N+](=O)[O-]. The van der Waals surface area contributed by atoms with Gasteiger partial charge in [-0.05, 0) is 6.92 Å². The molecule has 1 unspecified atom stereocenters. The topological polar surface area (TPSA) is 110 Å². The summed E-state index contributed by atoms with van der Waals surface area (Å²) < 4.78 is 38.2. The van der Waals surface area contributed by atoms with E-state index in [0.717, 1.165) is 4.90 Å². The number of nitro groups is 2. The van der Waals surface area contributed by atoms with E-state index in [0.29, 0.717) is 0 Å². The van der Waals surface area contributed by atoms with Crippen molar-refractivity contribution in [3.05, 3.63) is 37.9 Å². The largest absolute Gasteiger partial charge is 0.416 e. The summed E-state index contributed by atoms with van der Waals surface area (Å²) in [6.07, 6.45) is -5.96. The number of nitro benzene ring substituents is 2. The predicted octanol–water partition coefficient (Wildman–Crippen LogP) is 2.34. The molecule has 0 bridgehead atoms. The van der Waals surface area contributed by atoms with Crippen LogP contribution in [0.2, 0.25) is 0 Å². The summed E-state index contributed by atoms with van der Waals surface area (Å²) >= 11 is 0. The number of nitrogens with zero attached hydrogens (tertiary/aromatic N) is 3. The standard InChI is InChI=1S/C11H12F3N3O5/c1-6(18)5-15(2)10-8(16(19)20)3-7(11(12,13)14)4-9(10)17(21)22/h3-4,6,18H,5H2,1-2H3. The van der Waals surface area contributed by atoms with Crippen LogP contribution in [-0.2, 0) is 6.18 Å². The van der Waals surface area contributed by atoms with Gasteiger partial charge in [0, 0.05) is 25.7 Å². The van der Waals surface area contributed by atoms with Crippen LogP contribution in [0.1, 0.15) is 12.5 Å². The first-order valence-electron chi connectivity index (χ1n) is 5.88. The van der Waals surface area contributed by atoms with Crippen molar-refractivity contribution in [3.63, 3.8) is 0 Å². The first-order valence-corrected chi connectivity index (χ1v) is 5.88. The van der Waals surface area contributed by atoms with Crippen molar-refractivity contribution < 1.29 is 28.1 Å². The van der Waals surface area contributed by atoms with Crippen LogP contribution in [0.5, 0.6) is 0 Å². The van der Waals surface area contributed by atoms with Crippen LogP contribution in [0.3, 0.4) is 0 Å². The van der Waals surface area contributed by atoms with E-state index in [9.17, 15) is 38.5 Å². The first kappa shape index (κ1) is 17.6. The maximum Gasteiger partial charge on any atom is 0.416 e. The van der Waals surface area contributed by atoms with Crippen molar-refractivity contribution in [1.29, 1.82) is 0 Å². The average Bonchev–Trinajstić information content (AvgIpc) is 2.34. The van der Waals surface area contributed by atoms with Gasteiger partial charge >= 0.3 is 6.18 Å². The van der Waals surface area contributed by atoms with E-state index in [2.05, 4.69) is 0 Å². The fourth-order valence-electron chi connectivity index (χ4n) is 1.92. The molecule has 1 rings (SSSR count). The Bertz CT molecular complexity index is 568. The van der Waals surface area contributed by atoms with Gasteiger partial charge in [0.15, 0.2) is 5.69 Å². The smallest absolute Gasteiger partial charge is 0.392 e. The molecule has 8 nitrogen and oxygen atoms in total. The first-order chi connectivity index (χ1) is 9.95. The quantitative estimate of drug-likeness (QED) is 0.658. The van der Waals surface area contributed by atoms with Gasteiger partial charge in [0.05, 0.1) is 21.5 Å². The molecule has 0 fully saturated rings. The highest BCUT2D eigenvalue weighted by Crippen LogP contribution is 2.42. The number of anilines is 1. The Morgan fingerprint density at radius 1 is 1.23 bits per heavy atom. The lowest BCUT2D eigenvalue weighted by Gasteiger charge is -2.21. The van der Waals surface area contributed by atoms with E-state index in [-0.39, 0.29) is 18.7 Å². The molecule has 0 heterocycles. The maximum absolute atomic E-state index is 12.7. The molecule has 1 aromatic carbocycles. The summed E-state index contributed by atoms with van der Waals surface area (Å²) in [7, 11) is 1.20. The van der Waals surface area contributed by atoms with Gasteiger partial charge in [0.25, 0.3) is 11.4 Å². The van der Waals surface area contributed by atoms with Gasteiger partial charge in [-0.3, -0.25) is 20.2 Å². The van der Waals surface area contributed by atoms with E-state index in [1.54, 1.807) is 0 Å². The van der Waals surface area contributed by atoms with Crippen LogP contribution in [0.15, 0.2) is 12.1 Å². The molecule has 0 radical (unpaired) electrons. The van der Waals surface area contributed by atoms with Crippen LogP contribution >= 0.6 is 0 Å². The zero-order valence-electron chi connectivity index (χ0n) is 11.5. The molecule has 0 saturated carbocycles. The van der Waals surface area contributed by atoms with E-state index in [1.807, 2.05) is 0 Å². The third kappa shape index (κ3) is 3.81. The summed E-state index contributed by atoms with van der Waals surface area (Å²) in [5.74, 6) is 0. The van der Waals surface area contributed by atoms with Gasteiger partial charge in [0.1, 0.15) is 0 Å². The molecule has 1 aromatic rings. The molecular weight excluding hydrogens is 311 g/mol. The number of halogens is 3. The van der Waals surface area contributed by atoms with Crippen molar-refractivity contribution in [2.45, 2.75) is 19.2 Å². The van der Waals surface area contributed by atoms with Gasteiger partial charge in [-0.1, -0.05) is 0 Å². The molecule has 1 N–H and O–H groups in total. The second-order valence-corrected chi connectivity index (χ2v) is 4.60. The van der Waals surface area contributed by atoms with Gasteiger partial charge < -0.3 is 10.0 Å². The lowest BCUT2D eigenvalue weighted by molar-refractivity contribution is -0.393. The van der Waals surface area contributed by atoms with Crippen molar-refractivity contribution >= 4 is 17.1 Å². The highest BCUT2D eigenvalue weighted by Gasteiger charge is 2.38. The minimum atomic E-state index is -4.96. The Kier molecular flexibility index (Phi) is 4.91. The van der Waals surface area contributed by atoms with Gasteiger partial charge in [0.2, 0.25) is 0 Å². The normalized spacial score (nSPS) is 12.8. The Labute approximate surface area is 122 Å². The van der Waals surface area contributed by atoms with Crippen molar-refractivity contribution in [2.24, 2.45) is 0 Å². The van der Waals surface area contributed by atoms with Crippen LogP contribution in [0.25, 0.3) is 0 Å². The predicted molar refractivity (Wildman–Crippen MR) is 69.7 cm³/mol. The zero-order chi connectivity index (χ0) is 17.2. The van der Waals surface area contributed by atoms with Crippen molar-refractivity contribution in [1.82, 2.24) is 0 Å². The molecule has 0 aliphatic heterocycles. The molecule has 0 aromatic heterocycles. The van der Waals surface area contributed by atoms with Crippen molar-refractivity contribution in [3.8, 4) is 0 Å². The van der Waals surface area contributed by atoms with Gasteiger partial charge in [-0.15, -0.1) is 0 Å². The molecule has 0 amide bonds. The number of hydrogen-bond donors (Lipinski definition) is 1. The number of rotatable bonds is 5. The van der Waals surface area contributed by atoms with Crippen LogP contribution in [-0.4, -0.2) is 34.6 Å². The van der Waals surface area contributed by atoms with Crippen molar-refractivity contribution in [2.75, 3.05) is 18.5 Å². The summed E-state index contributed by atoms with van der Waals surface area (Å²) in [5, 5.41) is 31.3. The van der Waals surface area contributed by atoms with Gasteiger partial charge in [-0.2, -0.15) is 13.2 Å². The van der Waals surface area contributed by atoms with E-state index >= 15 is 0 Å². The maximum atomic E-state index is 12.7. The number of hydrogen-bond acceptors (Lipinski definition) is 6. The van der Waals surface area contributed by atoms with Crippen LogP contribution < -0.4 is 4.90 Å². The summed E-state index contributed by atoms with van der Waals surface area (Å²) in [4.78, 5) is 20.7.